The maximum Gasteiger partial charge on any atom is 0.127 e. The molecule has 1 aliphatic heterocycles. The lowest BCUT2D eigenvalue weighted by molar-refractivity contribution is 0.0410. The average Bonchev–Trinajstić information content (AvgIpc) is 3.30. The molecule has 2 aliphatic carbocycles. The summed E-state index contributed by atoms with van der Waals surface area (Å²) >= 11 is 0. The number of nitrogens with one attached hydrogen (secondary N) is 1. The number of halogens is 1. The number of likely N-dealkylation sites (tertiary alicyclic amines) is 1. The molecule has 1 N–H and O–H groups in total. The van der Waals surface area contributed by atoms with Crippen LogP contribution in [0.3, 0.4) is 0 Å². The summed E-state index contributed by atoms with van der Waals surface area (Å²) in [5.41, 5.74) is 0.878. The Morgan fingerprint density at radius 3 is 2.62 bits per heavy atom. The second-order valence-corrected chi connectivity index (χ2v) is 8.57. The summed E-state index contributed by atoms with van der Waals surface area (Å²) in [4.78, 5) is 2.52. The first-order valence-electron chi connectivity index (χ1n) is 10.5. The van der Waals surface area contributed by atoms with E-state index >= 15 is 0 Å². The van der Waals surface area contributed by atoms with E-state index in [1.807, 2.05) is 19.2 Å². The van der Waals surface area contributed by atoms with Gasteiger partial charge in [0, 0.05) is 44.9 Å². The van der Waals surface area contributed by atoms with Gasteiger partial charge in [-0.3, -0.25) is 0 Å². The van der Waals surface area contributed by atoms with Crippen LogP contribution in [0.15, 0.2) is 24.3 Å². The Labute approximate surface area is 157 Å². The molecule has 3 fully saturated rings. The van der Waals surface area contributed by atoms with Gasteiger partial charge in [0.05, 0.1) is 6.10 Å². The van der Waals surface area contributed by atoms with Crippen molar-refractivity contribution in [2.24, 2.45) is 17.8 Å². The lowest BCUT2D eigenvalue weighted by Gasteiger charge is -2.34. The number of rotatable bonds is 7. The third kappa shape index (κ3) is 3.97. The Balaban J connectivity index is 1.37. The largest absolute Gasteiger partial charge is 0.381 e. The third-order valence-electron chi connectivity index (χ3n) is 7.12. The van der Waals surface area contributed by atoms with Crippen molar-refractivity contribution in [3.05, 3.63) is 35.6 Å². The summed E-state index contributed by atoms with van der Waals surface area (Å²) in [6.45, 7) is 4.20. The Kier molecular flexibility index (Phi) is 5.92. The summed E-state index contributed by atoms with van der Waals surface area (Å²) in [6.07, 6.45) is 8.04. The molecule has 1 heterocycles. The normalized spacial score (nSPS) is 30.8. The van der Waals surface area contributed by atoms with Crippen molar-refractivity contribution in [1.82, 2.24) is 10.2 Å². The highest BCUT2D eigenvalue weighted by Gasteiger charge is 2.43. The quantitative estimate of drug-likeness (QED) is 0.795. The summed E-state index contributed by atoms with van der Waals surface area (Å²) in [5, 5.41) is 3.76. The molecule has 0 spiro atoms. The number of ether oxygens (including phenoxy) is 1. The van der Waals surface area contributed by atoms with E-state index in [9.17, 15) is 4.39 Å². The molecule has 0 unspecified atom stereocenters. The molecule has 2 bridgehead atoms. The molecule has 1 aromatic carbocycles. The van der Waals surface area contributed by atoms with Crippen molar-refractivity contribution < 1.29 is 9.13 Å². The van der Waals surface area contributed by atoms with Crippen molar-refractivity contribution in [3.8, 4) is 0 Å². The average molecular weight is 361 g/mol. The van der Waals surface area contributed by atoms with E-state index in [1.165, 1.54) is 25.7 Å². The van der Waals surface area contributed by atoms with Crippen LogP contribution < -0.4 is 5.32 Å². The molecule has 0 radical (unpaired) electrons. The van der Waals surface area contributed by atoms with Gasteiger partial charge in [-0.05, 0) is 55.9 Å². The lowest BCUT2D eigenvalue weighted by Crippen LogP contribution is -2.42. The number of fused-ring (bicyclic) bond motifs is 2. The fourth-order valence-electron chi connectivity index (χ4n) is 5.67. The van der Waals surface area contributed by atoms with E-state index in [0.717, 1.165) is 56.4 Å². The molecule has 0 amide bonds. The first-order valence-corrected chi connectivity index (χ1v) is 10.5. The van der Waals surface area contributed by atoms with Gasteiger partial charge in [-0.25, -0.2) is 4.39 Å². The fraction of sp³-hybridized carbons (Fsp3) is 0.727. The minimum absolute atomic E-state index is 0.0475. The highest BCUT2D eigenvalue weighted by molar-refractivity contribution is 5.23. The Morgan fingerprint density at radius 1 is 1.15 bits per heavy atom. The number of nitrogens with zero attached hydrogens (tertiary/aromatic N) is 1. The second-order valence-electron chi connectivity index (χ2n) is 8.57. The lowest BCUT2D eigenvalue weighted by atomic mass is 9.80. The number of piperidine rings is 1. The zero-order valence-corrected chi connectivity index (χ0v) is 16.0. The fourth-order valence-corrected chi connectivity index (χ4v) is 5.67. The van der Waals surface area contributed by atoms with Gasteiger partial charge in [0.25, 0.3) is 0 Å². The third-order valence-corrected chi connectivity index (χ3v) is 7.12. The van der Waals surface area contributed by atoms with Crippen molar-refractivity contribution in [1.29, 1.82) is 0 Å². The van der Waals surface area contributed by atoms with Gasteiger partial charge in [0.15, 0.2) is 0 Å². The molecule has 4 rings (SSSR count). The SMILES string of the molecule is COC1CCN(CCN[C@@H](c2ccccc2F)[C@H]2C[C@H]3CC[C@H]2C3)CC1. The number of hydrogen-bond acceptors (Lipinski definition) is 3. The summed E-state index contributed by atoms with van der Waals surface area (Å²) in [6, 6.07) is 7.56. The van der Waals surface area contributed by atoms with E-state index in [-0.39, 0.29) is 11.9 Å². The van der Waals surface area contributed by atoms with Crippen LogP contribution >= 0.6 is 0 Å². The smallest absolute Gasteiger partial charge is 0.127 e. The van der Waals surface area contributed by atoms with Gasteiger partial charge in [0.1, 0.15) is 5.82 Å². The molecule has 1 saturated heterocycles. The number of hydrogen-bond donors (Lipinski definition) is 1. The Hall–Kier alpha value is -0.970. The van der Waals surface area contributed by atoms with E-state index < -0.39 is 0 Å². The number of methoxy groups -OCH3 is 1. The molecule has 2 saturated carbocycles. The molecular weight excluding hydrogens is 327 g/mol. The van der Waals surface area contributed by atoms with Gasteiger partial charge in [-0.2, -0.15) is 0 Å². The van der Waals surface area contributed by atoms with Crippen LogP contribution in [-0.4, -0.2) is 44.3 Å². The van der Waals surface area contributed by atoms with Gasteiger partial charge in [0.2, 0.25) is 0 Å². The van der Waals surface area contributed by atoms with E-state index in [0.29, 0.717) is 12.0 Å². The van der Waals surface area contributed by atoms with E-state index in [2.05, 4.69) is 10.2 Å². The molecule has 4 atom stereocenters. The molecule has 4 heteroatoms. The predicted molar refractivity (Wildman–Crippen MR) is 103 cm³/mol. The van der Waals surface area contributed by atoms with Crippen LogP contribution in [0.4, 0.5) is 4.39 Å². The van der Waals surface area contributed by atoms with Gasteiger partial charge >= 0.3 is 0 Å². The van der Waals surface area contributed by atoms with Crippen LogP contribution in [0.5, 0.6) is 0 Å². The highest BCUT2D eigenvalue weighted by atomic mass is 19.1. The zero-order valence-electron chi connectivity index (χ0n) is 16.0. The molecule has 1 aromatic rings. The Bertz CT molecular complexity index is 587. The topological polar surface area (TPSA) is 24.5 Å². The van der Waals surface area contributed by atoms with Crippen LogP contribution in [0.25, 0.3) is 0 Å². The molecule has 144 valence electrons. The summed E-state index contributed by atoms with van der Waals surface area (Å²) in [7, 11) is 1.82. The Morgan fingerprint density at radius 2 is 1.96 bits per heavy atom. The van der Waals surface area contributed by atoms with E-state index in [4.69, 9.17) is 4.74 Å². The van der Waals surface area contributed by atoms with Gasteiger partial charge in [-0.1, -0.05) is 24.6 Å². The molecule has 3 nitrogen and oxygen atoms in total. The second kappa shape index (κ2) is 8.37. The first kappa shape index (κ1) is 18.4. The molecule has 0 aromatic heterocycles. The van der Waals surface area contributed by atoms with E-state index in [1.54, 1.807) is 12.1 Å². The van der Waals surface area contributed by atoms with Crippen LogP contribution in [-0.2, 0) is 4.74 Å². The zero-order chi connectivity index (χ0) is 17.9. The van der Waals surface area contributed by atoms with Crippen molar-refractivity contribution in [2.45, 2.75) is 50.7 Å². The standard InChI is InChI=1S/C22H33FN2O/c1-26-18-8-11-25(12-9-18)13-10-24-22(19-4-2-3-5-21(19)23)20-15-16-6-7-17(20)14-16/h2-5,16-18,20,22,24H,6-15H2,1H3/t16-,17-,20-,22-/m0/s1. The molecule has 3 aliphatic rings. The first-order chi connectivity index (χ1) is 12.7. The van der Waals surface area contributed by atoms with Crippen molar-refractivity contribution in [3.63, 3.8) is 0 Å². The van der Waals surface area contributed by atoms with Gasteiger partial charge in [-0.15, -0.1) is 0 Å². The highest BCUT2D eigenvalue weighted by Crippen LogP contribution is 2.52. The minimum Gasteiger partial charge on any atom is -0.381 e. The summed E-state index contributed by atoms with van der Waals surface area (Å²) in [5.74, 6) is 2.22. The van der Waals surface area contributed by atoms with Crippen molar-refractivity contribution >= 4 is 0 Å². The van der Waals surface area contributed by atoms with Crippen molar-refractivity contribution in [2.75, 3.05) is 33.3 Å². The van der Waals surface area contributed by atoms with Crippen LogP contribution in [0.1, 0.15) is 50.1 Å². The van der Waals surface area contributed by atoms with Gasteiger partial charge < -0.3 is 15.0 Å². The molecule has 26 heavy (non-hydrogen) atoms. The monoisotopic (exact) mass is 360 g/mol. The predicted octanol–water partition coefficient (Wildman–Crippen LogP) is 4.00. The van der Waals surface area contributed by atoms with Crippen LogP contribution in [0.2, 0.25) is 0 Å². The maximum atomic E-state index is 14.5. The molecular formula is C22H33FN2O. The summed E-state index contributed by atoms with van der Waals surface area (Å²) < 4.78 is 20.0. The maximum absolute atomic E-state index is 14.5. The minimum atomic E-state index is -0.0475. The number of benzene rings is 1. The van der Waals surface area contributed by atoms with Crippen LogP contribution in [0, 0.1) is 23.6 Å².